The molecule has 0 radical (unpaired) electrons. The van der Waals surface area contributed by atoms with E-state index in [0.717, 1.165) is 24.0 Å². The normalized spacial score (nSPS) is 11.2. The molecule has 9 nitrogen and oxygen atoms in total. The van der Waals surface area contributed by atoms with Crippen LogP contribution < -0.4 is 5.69 Å². The first kappa shape index (κ1) is 21.5. The maximum atomic E-state index is 12.9. The molecular formula is C23H26N6O3. The summed E-state index contributed by atoms with van der Waals surface area (Å²) in [6.45, 7) is 7.16. The third-order valence-electron chi connectivity index (χ3n) is 5.38. The van der Waals surface area contributed by atoms with Gasteiger partial charge in [0.2, 0.25) is 11.7 Å². The Hall–Kier alpha value is -3.75. The Morgan fingerprint density at radius 3 is 2.66 bits per heavy atom. The van der Waals surface area contributed by atoms with E-state index in [2.05, 4.69) is 22.2 Å². The van der Waals surface area contributed by atoms with Crippen molar-refractivity contribution < 1.29 is 9.32 Å². The second-order valence-corrected chi connectivity index (χ2v) is 7.67. The molecule has 0 atom stereocenters. The van der Waals surface area contributed by atoms with Gasteiger partial charge in [0.1, 0.15) is 6.54 Å². The maximum Gasteiger partial charge on any atom is 0.350 e. The molecule has 0 unspecified atom stereocenters. The summed E-state index contributed by atoms with van der Waals surface area (Å²) in [5.74, 6) is 0.578. The monoisotopic (exact) mass is 434 g/mol. The summed E-state index contributed by atoms with van der Waals surface area (Å²) < 4.78 is 8.05. The molecular weight excluding hydrogens is 408 g/mol. The van der Waals surface area contributed by atoms with E-state index in [-0.39, 0.29) is 24.0 Å². The van der Waals surface area contributed by atoms with Gasteiger partial charge in [-0.2, -0.15) is 4.98 Å². The summed E-state index contributed by atoms with van der Waals surface area (Å²) in [6, 6.07) is 11.3. The molecule has 0 fully saturated rings. The molecule has 0 aliphatic carbocycles. The van der Waals surface area contributed by atoms with E-state index in [1.807, 2.05) is 38.1 Å². The van der Waals surface area contributed by atoms with Crippen LogP contribution in [0.1, 0.15) is 32.3 Å². The lowest BCUT2D eigenvalue weighted by Crippen LogP contribution is -2.37. The Balaban J connectivity index is 1.66. The van der Waals surface area contributed by atoms with Gasteiger partial charge >= 0.3 is 5.69 Å². The van der Waals surface area contributed by atoms with Crippen LogP contribution in [0.5, 0.6) is 0 Å². The fourth-order valence-electron chi connectivity index (χ4n) is 3.50. The van der Waals surface area contributed by atoms with Gasteiger partial charge in [0, 0.05) is 24.8 Å². The number of rotatable bonds is 8. The molecule has 166 valence electrons. The van der Waals surface area contributed by atoms with Crippen molar-refractivity contribution in [1.82, 2.24) is 29.2 Å². The van der Waals surface area contributed by atoms with Gasteiger partial charge in [-0.15, -0.1) is 5.10 Å². The Morgan fingerprint density at radius 1 is 1.16 bits per heavy atom. The average molecular weight is 435 g/mol. The van der Waals surface area contributed by atoms with Crippen LogP contribution >= 0.6 is 0 Å². The van der Waals surface area contributed by atoms with Crippen molar-refractivity contribution in [2.75, 3.05) is 13.1 Å². The number of nitrogens with zero attached hydrogens (tertiary/aromatic N) is 6. The van der Waals surface area contributed by atoms with Gasteiger partial charge < -0.3 is 9.42 Å². The number of hydrogen-bond donors (Lipinski definition) is 0. The van der Waals surface area contributed by atoms with Crippen molar-refractivity contribution in [3.63, 3.8) is 0 Å². The third-order valence-corrected chi connectivity index (χ3v) is 5.38. The smallest absolute Gasteiger partial charge is 0.341 e. The molecule has 0 saturated heterocycles. The van der Waals surface area contributed by atoms with Crippen LogP contribution in [0.4, 0.5) is 0 Å². The highest BCUT2D eigenvalue weighted by Crippen LogP contribution is 2.24. The standard InChI is InChI=1S/C23H26N6O3/c1-4-6-13-27(5-2)19(30)15-29-23(31)28-14-7-8-18(21(28)25-29)22-24-20(26-32-22)17-11-9-16(3)10-12-17/h7-12,14H,4-6,13,15H2,1-3H3. The predicted octanol–water partition coefficient (Wildman–Crippen LogP) is 3.17. The number of amides is 1. The van der Waals surface area contributed by atoms with Gasteiger partial charge in [-0.3, -0.25) is 4.79 Å². The van der Waals surface area contributed by atoms with E-state index in [1.165, 1.54) is 9.08 Å². The molecule has 1 aromatic carbocycles. The van der Waals surface area contributed by atoms with E-state index in [1.54, 1.807) is 23.2 Å². The van der Waals surface area contributed by atoms with Crippen LogP contribution in [0.3, 0.4) is 0 Å². The summed E-state index contributed by atoms with van der Waals surface area (Å²) in [7, 11) is 0. The first-order valence-corrected chi connectivity index (χ1v) is 10.8. The number of hydrogen-bond acceptors (Lipinski definition) is 6. The summed E-state index contributed by atoms with van der Waals surface area (Å²) in [5.41, 5.74) is 2.47. The van der Waals surface area contributed by atoms with Crippen LogP contribution in [-0.4, -0.2) is 48.2 Å². The fraction of sp³-hybridized carbons (Fsp3) is 0.348. The minimum atomic E-state index is -0.389. The van der Waals surface area contributed by atoms with Gasteiger partial charge in [0.15, 0.2) is 5.65 Å². The number of pyridine rings is 1. The van der Waals surface area contributed by atoms with Crippen molar-refractivity contribution in [1.29, 1.82) is 0 Å². The zero-order chi connectivity index (χ0) is 22.7. The van der Waals surface area contributed by atoms with Crippen molar-refractivity contribution in [2.24, 2.45) is 0 Å². The van der Waals surface area contributed by atoms with Gasteiger partial charge in [-0.1, -0.05) is 48.3 Å². The number of carbonyl (C=O) groups excluding carboxylic acids is 1. The predicted molar refractivity (Wildman–Crippen MR) is 120 cm³/mol. The highest BCUT2D eigenvalue weighted by molar-refractivity contribution is 5.76. The molecule has 4 aromatic rings. The number of fused-ring (bicyclic) bond motifs is 1. The summed E-state index contributed by atoms with van der Waals surface area (Å²) >= 11 is 0. The molecule has 0 saturated carbocycles. The van der Waals surface area contributed by atoms with Crippen LogP contribution in [0.25, 0.3) is 28.5 Å². The number of likely N-dealkylation sites (N-methyl/N-ethyl adjacent to an activating group) is 1. The Kier molecular flexibility index (Phi) is 6.16. The average Bonchev–Trinajstić information content (AvgIpc) is 3.40. The van der Waals surface area contributed by atoms with Gasteiger partial charge in [-0.25, -0.2) is 13.9 Å². The Labute approximate surface area is 185 Å². The van der Waals surface area contributed by atoms with Crippen LogP contribution in [0.15, 0.2) is 51.9 Å². The molecule has 0 aliphatic rings. The van der Waals surface area contributed by atoms with Crippen LogP contribution in [0.2, 0.25) is 0 Å². The zero-order valence-corrected chi connectivity index (χ0v) is 18.5. The van der Waals surface area contributed by atoms with E-state index < -0.39 is 0 Å². The summed E-state index contributed by atoms with van der Waals surface area (Å²) in [6.07, 6.45) is 3.53. The zero-order valence-electron chi connectivity index (χ0n) is 18.5. The van der Waals surface area contributed by atoms with E-state index in [9.17, 15) is 9.59 Å². The Morgan fingerprint density at radius 2 is 1.94 bits per heavy atom. The lowest BCUT2D eigenvalue weighted by atomic mass is 10.1. The summed E-state index contributed by atoms with van der Waals surface area (Å²) in [4.78, 5) is 31.8. The molecule has 1 amide bonds. The number of aromatic nitrogens is 5. The fourth-order valence-corrected chi connectivity index (χ4v) is 3.50. The number of benzene rings is 1. The van der Waals surface area contributed by atoms with E-state index in [4.69, 9.17) is 4.52 Å². The van der Waals surface area contributed by atoms with Gasteiger partial charge in [-0.05, 0) is 32.4 Å². The van der Waals surface area contributed by atoms with E-state index in [0.29, 0.717) is 30.1 Å². The van der Waals surface area contributed by atoms with Crippen molar-refractivity contribution in [2.45, 2.75) is 40.2 Å². The lowest BCUT2D eigenvalue weighted by Gasteiger charge is -2.20. The minimum absolute atomic E-state index is 0.115. The molecule has 32 heavy (non-hydrogen) atoms. The van der Waals surface area contributed by atoms with Crippen LogP contribution in [0, 0.1) is 6.92 Å². The van der Waals surface area contributed by atoms with E-state index >= 15 is 0 Å². The molecule has 0 spiro atoms. The maximum absolute atomic E-state index is 12.9. The van der Waals surface area contributed by atoms with Gasteiger partial charge in [0.05, 0.1) is 5.56 Å². The number of unbranched alkanes of at least 4 members (excludes halogenated alkanes) is 1. The highest BCUT2D eigenvalue weighted by Gasteiger charge is 2.20. The first-order valence-electron chi connectivity index (χ1n) is 10.8. The molecule has 4 rings (SSSR count). The van der Waals surface area contributed by atoms with Crippen molar-refractivity contribution in [3.05, 3.63) is 58.6 Å². The molecule has 0 bridgehead atoms. The second-order valence-electron chi connectivity index (χ2n) is 7.67. The third kappa shape index (κ3) is 4.18. The van der Waals surface area contributed by atoms with Crippen molar-refractivity contribution in [3.8, 4) is 22.8 Å². The quantitative estimate of drug-likeness (QED) is 0.422. The largest absolute Gasteiger partial charge is 0.350 e. The first-order chi connectivity index (χ1) is 15.5. The highest BCUT2D eigenvalue weighted by atomic mass is 16.5. The SMILES string of the molecule is CCCCN(CC)C(=O)Cn1nc2c(-c3nc(-c4ccc(C)cc4)no3)cccn2c1=O. The molecule has 0 aliphatic heterocycles. The molecule has 3 aromatic heterocycles. The van der Waals surface area contributed by atoms with Gasteiger partial charge in [0.25, 0.3) is 5.89 Å². The minimum Gasteiger partial charge on any atom is -0.341 e. The second kappa shape index (κ2) is 9.17. The number of carbonyl (C=O) groups is 1. The summed E-state index contributed by atoms with van der Waals surface area (Å²) in [5, 5.41) is 8.48. The Bertz CT molecular complexity index is 1290. The molecule has 0 N–H and O–H groups in total. The topological polar surface area (TPSA) is 98.5 Å². The van der Waals surface area contributed by atoms with Crippen molar-refractivity contribution >= 4 is 11.6 Å². The lowest BCUT2D eigenvalue weighted by molar-refractivity contribution is -0.132. The van der Waals surface area contributed by atoms with Crippen LogP contribution in [-0.2, 0) is 11.3 Å². The number of aryl methyl sites for hydroxylation is 1. The molecule has 3 heterocycles. The molecule has 9 heteroatoms.